The highest BCUT2D eigenvalue weighted by atomic mass is 32.2. The Balaban J connectivity index is 2.27. The molecule has 0 aliphatic carbocycles. The number of aryl methyl sites for hydroxylation is 3. The molecule has 0 saturated heterocycles. The maximum atomic E-state index is 12.6. The molecule has 0 bridgehead atoms. The summed E-state index contributed by atoms with van der Waals surface area (Å²) in [5.41, 5.74) is 5.28. The van der Waals surface area contributed by atoms with Gasteiger partial charge in [0.05, 0.1) is 11.9 Å². The third-order valence-electron chi connectivity index (χ3n) is 4.65. The summed E-state index contributed by atoms with van der Waals surface area (Å²) in [7, 11) is -3.61. The number of carbonyl (C=O) groups is 1. The minimum atomic E-state index is -3.61. The van der Waals surface area contributed by atoms with E-state index in [1.807, 2.05) is 45.0 Å². The van der Waals surface area contributed by atoms with Crippen LogP contribution in [0.25, 0.3) is 0 Å². The van der Waals surface area contributed by atoms with Crippen molar-refractivity contribution in [3.05, 3.63) is 58.7 Å². The van der Waals surface area contributed by atoms with Crippen LogP contribution in [0.5, 0.6) is 0 Å². The van der Waals surface area contributed by atoms with Crippen LogP contribution in [0.15, 0.2) is 36.4 Å². The lowest BCUT2D eigenvalue weighted by Crippen LogP contribution is -2.37. The first-order valence-electron chi connectivity index (χ1n) is 9.25. The van der Waals surface area contributed by atoms with Crippen molar-refractivity contribution in [2.24, 2.45) is 0 Å². The number of nitrogens with one attached hydrogen (secondary N) is 1. The van der Waals surface area contributed by atoms with Crippen LogP contribution in [-0.2, 0) is 20.2 Å². The second-order valence-corrected chi connectivity index (χ2v) is 10.3. The lowest BCUT2D eigenvalue weighted by molar-refractivity contribution is -0.114. The Hall–Kier alpha value is -2.34. The zero-order valence-electron chi connectivity index (χ0n) is 17.8. The third kappa shape index (κ3) is 5.35. The predicted molar refractivity (Wildman–Crippen MR) is 117 cm³/mol. The van der Waals surface area contributed by atoms with Crippen LogP contribution >= 0.6 is 0 Å². The van der Waals surface area contributed by atoms with Gasteiger partial charge in [-0.15, -0.1) is 0 Å². The summed E-state index contributed by atoms with van der Waals surface area (Å²) < 4.78 is 25.8. The SMILES string of the molecule is Cc1cc(C)c(NC(=O)CN(c2ccc(C(C)(C)C)cc2)S(C)(=O)=O)c(C)c1. The van der Waals surface area contributed by atoms with Gasteiger partial charge in [0.2, 0.25) is 15.9 Å². The van der Waals surface area contributed by atoms with Crippen LogP contribution in [0.3, 0.4) is 0 Å². The molecule has 0 saturated carbocycles. The normalized spacial score (nSPS) is 12.0. The highest BCUT2D eigenvalue weighted by Gasteiger charge is 2.22. The molecule has 152 valence electrons. The summed E-state index contributed by atoms with van der Waals surface area (Å²) in [5.74, 6) is -0.375. The molecule has 0 heterocycles. The van der Waals surface area contributed by atoms with Crippen LogP contribution in [0.1, 0.15) is 43.0 Å². The molecular formula is C22H30N2O3S. The summed E-state index contributed by atoms with van der Waals surface area (Å²) in [6, 6.07) is 11.3. The molecule has 28 heavy (non-hydrogen) atoms. The number of amides is 1. The molecule has 0 unspecified atom stereocenters. The molecular weight excluding hydrogens is 372 g/mol. The Kier molecular flexibility index (Phi) is 6.24. The first kappa shape index (κ1) is 22.0. The highest BCUT2D eigenvalue weighted by molar-refractivity contribution is 7.92. The van der Waals surface area contributed by atoms with Crippen molar-refractivity contribution in [1.82, 2.24) is 0 Å². The van der Waals surface area contributed by atoms with E-state index in [1.54, 1.807) is 12.1 Å². The van der Waals surface area contributed by atoms with Gasteiger partial charge >= 0.3 is 0 Å². The second-order valence-electron chi connectivity index (χ2n) is 8.39. The molecule has 0 fully saturated rings. The Morgan fingerprint density at radius 1 is 1.00 bits per heavy atom. The first-order chi connectivity index (χ1) is 12.8. The maximum absolute atomic E-state index is 12.6. The average Bonchev–Trinajstić information content (AvgIpc) is 2.54. The van der Waals surface area contributed by atoms with Crippen molar-refractivity contribution in [2.45, 2.75) is 47.0 Å². The number of nitrogens with zero attached hydrogens (tertiary/aromatic N) is 1. The van der Waals surface area contributed by atoms with E-state index in [4.69, 9.17) is 0 Å². The van der Waals surface area contributed by atoms with E-state index < -0.39 is 10.0 Å². The molecule has 0 radical (unpaired) electrons. The van der Waals surface area contributed by atoms with Crippen LogP contribution in [0.2, 0.25) is 0 Å². The molecule has 5 nitrogen and oxygen atoms in total. The summed E-state index contributed by atoms with van der Waals surface area (Å²) in [5, 5.41) is 2.87. The largest absolute Gasteiger partial charge is 0.324 e. The smallest absolute Gasteiger partial charge is 0.245 e. The Morgan fingerprint density at radius 3 is 1.93 bits per heavy atom. The van der Waals surface area contributed by atoms with Crippen molar-refractivity contribution in [2.75, 3.05) is 22.4 Å². The Bertz CT molecular complexity index is 949. The van der Waals surface area contributed by atoms with Gasteiger partial charge in [-0.25, -0.2) is 8.42 Å². The van der Waals surface area contributed by atoms with Gasteiger partial charge in [0.15, 0.2) is 0 Å². The number of hydrogen-bond acceptors (Lipinski definition) is 3. The minimum Gasteiger partial charge on any atom is -0.324 e. The summed E-state index contributed by atoms with van der Waals surface area (Å²) >= 11 is 0. The third-order valence-corrected chi connectivity index (χ3v) is 5.79. The van der Waals surface area contributed by atoms with E-state index in [0.29, 0.717) is 5.69 Å². The molecule has 0 spiro atoms. The van der Waals surface area contributed by atoms with Gasteiger partial charge in [0, 0.05) is 5.69 Å². The van der Waals surface area contributed by atoms with E-state index in [-0.39, 0.29) is 17.9 Å². The zero-order valence-corrected chi connectivity index (χ0v) is 18.6. The number of carbonyl (C=O) groups excluding carboxylic acids is 1. The molecule has 1 amide bonds. The molecule has 0 aliphatic rings. The van der Waals surface area contributed by atoms with Crippen molar-refractivity contribution in [1.29, 1.82) is 0 Å². The quantitative estimate of drug-likeness (QED) is 0.810. The van der Waals surface area contributed by atoms with Gasteiger partial charge in [0.25, 0.3) is 0 Å². The first-order valence-corrected chi connectivity index (χ1v) is 11.1. The molecule has 2 aromatic rings. The van der Waals surface area contributed by atoms with E-state index in [0.717, 1.165) is 38.5 Å². The van der Waals surface area contributed by atoms with Crippen molar-refractivity contribution >= 4 is 27.3 Å². The fourth-order valence-electron chi connectivity index (χ4n) is 3.21. The monoisotopic (exact) mass is 402 g/mol. The number of rotatable bonds is 5. The lowest BCUT2D eigenvalue weighted by atomic mass is 9.87. The summed E-state index contributed by atoms with van der Waals surface area (Å²) in [4.78, 5) is 12.6. The highest BCUT2D eigenvalue weighted by Crippen LogP contribution is 2.26. The van der Waals surface area contributed by atoms with Gasteiger partial charge in [-0.2, -0.15) is 0 Å². The topological polar surface area (TPSA) is 66.5 Å². The molecule has 1 N–H and O–H groups in total. The Morgan fingerprint density at radius 2 is 1.50 bits per heavy atom. The maximum Gasteiger partial charge on any atom is 0.245 e. The zero-order chi connectivity index (χ0) is 21.3. The van der Waals surface area contributed by atoms with Crippen LogP contribution in [0, 0.1) is 20.8 Å². The van der Waals surface area contributed by atoms with E-state index >= 15 is 0 Å². The fraction of sp³-hybridized carbons (Fsp3) is 0.409. The molecule has 0 aliphatic heterocycles. The minimum absolute atomic E-state index is 0.0354. The number of hydrogen-bond donors (Lipinski definition) is 1. The second kappa shape index (κ2) is 7.95. The fourth-order valence-corrected chi connectivity index (χ4v) is 4.07. The standard InChI is InChI=1S/C22H30N2O3S/c1-15-12-16(2)21(17(3)13-15)23-20(25)14-24(28(7,26)27)19-10-8-18(9-11-19)22(4,5)6/h8-13H,14H2,1-7H3,(H,23,25). The van der Waals surface area contributed by atoms with Crippen molar-refractivity contribution < 1.29 is 13.2 Å². The van der Waals surface area contributed by atoms with E-state index in [9.17, 15) is 13.2 Å². The van der Waals surface area contributed by atoms with Crippen molar-refractivity contribution in [3.63, 3.8) is 0 Å². The van der Waals surface area contributed by atoms with E-state index in [2.05, 4.69) is 26.1 Å². The van der Waals surface area contributed by atoms with Gasteiger partial charge in [-0.05, 0) is 55.0 Å². The number of benzene rings is 2. The summed E-state index contributed by atoms with van der Waals surface area (Å²) in [6.07, 6.45) is 1.11. The molecule has 2 aromatic carbocycles. The van der Waals surface area contributed by atoms with Crippen LogP contribution in [-0.4, -0.2) is 27.1 Å². The van der Waals surface area contributed by atoms with Gasteiger partial charge in [-0.3, -0.25) is 9.10 Å². The average molecular weight is 403 g/mol. The molecule has 6 heteroatoms. The number of sulfonamides is 1. The molecule has 0 aromatic heterocycles. The summed E-state index contributed by atoms with van der Waals surface area (Å²) in [6.45, 7) is 11.9. The van der Waals surface area contributed by atoms with Gasteiger partial charge in [-0.1, -0.05) is 50.6 Å². The number of anilines is 2. The van der Waals surface area contributed by atoms with Crippen LogP contribution < -0.4 is 9.62 Å². The van der Waals surface area contributed by atoms with Crippen molar-refractivity contribution in [3.8, 4) is 0 Å². The lowest BCUT2D eigenvalue weighted by Gasteiger charge is -2.24. The van der Waals surface area contributed by atoms with Crippen LogP contribution in [0.4, 0.5) is 11.4 Å². The van der Waals surface area contributed by atoms with Gasteiger partial charge < -0.3 is 5.32 Å². The van der Waals surface area contributed by atoms with E-state index in [1.165, 1.54) is 0 Å². The van der Waals surface area contributed by atoms with Gasteiger partial charge in [0.1, 0.15) is 6.54 Å². The molecule has 0 atom stereocenters. The predicted octanol–water partition coefficient (Wildman–Crippen LogP) is 4.31. The molecule has 2 rings (SSSR count). The Labute approximate surface area is 168 Å².